The predicted molar refractivity (Wildman–Crippen MR) is 79.3 cm³/mol. The first-order chi connectivity index (χ1) is 9.67. The van der Waals surface area contributed by atoms with Gasteiger partial charge in [0, 0.05) is 44.8 Å². The largest absolute Gasteiger partial charge is 0.342 e. The van der Waals surface area contributed by atoms with Gasteiger partial charge >= 0.3 is 0 Å². The molecular weight excluding hydrogens is 292 g/mol. The molecule has 0 bridgehead atoms. The third-order valence-corrected chi connectivity index (χ3v) is 5.10. The summed E-state index contributed by atoms with van der Waals surface area (Å²) in [5.41, 5.74) is 0. The lowest BCUT2D eigenvalue weighted by atomic mass is 10.0. The zero-order chi connectivity index (χ0) is 15.8. The quantitative estimate of drug-likeness (QED) is 0.715. The highest BCUT2D eigenvalue weighted by atomic mass is 32.2. The van der Waals surface area contributed by atoms with E-state index in [1.807, 2.05) is 4.90 Å². The summed E-state index contributed by atoms with van der Waals surface area (Å²) in [6.07, 6.45) is 1.15. The standard InChI is InChI=1S/C14H24N2O4S/c1-10(2)6-16-8-11-7-15(9-12(11)14(16)18)13(17)4-5-21(3,19)20/h10-12H,4-9H2,1-3H3/t11-,12-/m0/s1. The minimum Gasteiger partial charge on any atom is -0.342 e. The number of fused-ring (bicyclic) bond motifs is 1. The fraction of sp³-hybridized carbons (Fsp3) is 0.857. The third-order valence-electron chi connectivity index (χ3n) is 4.15. The predicted octanol–water partition coefficient (Wildman–Crippen LogP) is -0.00610. The van der Waals surface area contributed by atoms with Crippen LogP contribution in [0, 0.1) is 17.8 Å². The number of sulfone groups is 1. The molecule has 2 fully saturated rings. The number of likely N-dealkylation sites (tertiary alicyclic amines) is 2. The summed E-state index contributed by atoms with van der Waals surface area (Å²) >= 11 is 0. The van der Waals surface area contributed by atoms with Gasteiger partial charge in [0.05, 0.1) is 11.7 Å². The molecule has 0 saturated carbocycles. The Morgan fingerprint density at radius 2 is 1.95 bits per heavy atom. The molecule has 0 aromatic heterocycles. The molecule has 0 unspecified atom stereocenters. The Labute approximate surface area is 126 Å². The van der Waals surface area contributed by atoms with Crippen LogP contribution >= 0.6 is 0 Å². The Bertz CT molecular complexity index is 529. The second kappa shape index (κ2) is 5.94. The van der Waals surface area contributed by atoms with Crippen molar-refractivity contribution in [3.05, 3.63) is 0 Å². The number of hydrogen-bond donors (Lipinski definition) is 0. The summed E-state index contributed by atoms with van der Waals surface area (Å²) in [6, 6.07) is 0. The summed E-state index contributed by atoms with van der Waals surface area (Å²) in [5.74, 6) is 0.431. The van der Waals surface area contributed by atoms with Gasteiger partial charge < -0.3 is 9.80 Å². The monoisotopic (exact) mass is 316 g/mol. The van der Waals surface area contributed by atoms with Crippen molar-refractivity contribution in [3.8, 4) is 0 Å². The van der Waals surface area contributed by atoms with E-state index in [-0.39, 0.29) is 35.8 Å². The van der Waals surface area contributed by atoms with Crippen LogP contribution in [0.25, 0.3) is 0 Å². The molecular formula is C14H24N2O4S. The maximum absolute atomic E-state index is 12.3. The molecule has 2 heterocycles. The van der Waals surface area contributed by atoms with Crippen LogP contribution in [-0.4, -0.2) is 68.2 Å². The summed E-state index contributed by atoms with van der Waals surface area (Å²) in [4.78, 5) is 27.9. The van der Waals surface area contributed by atoms with E-state index in [0.29, 0.717) is 19.0 Å². The second-order valence-electron chi connectivity index (χ2n) is 6.68. The lowest BCUT2D eigenvalue weighted by molar-refractivity contribution is -0.133. The molecule has 2 saturated heterocycles. The maximum Gasteiger partial charge on any atom is 0.227 e. The first-order valence-electron chi connectivity index (χ1n) is 7.41. The molecule has 2 rings (SSSR count). The van der Waals surface area contributed by atoms with Crippen LogP contribution in [0.5, 0.6) is 0 Å². The van der Waals surface area contributed by atoms with Crippen molar-refractivity contribution in [1.29, 1.82) is 0 Å². The topological polar surface area (TPSA) is 74.8 Å². The molecule has 0 spiro atoms. The second-order valence-corrected chi connectivity index (χ2v) is 8.94. The molecule has 2 aliphatic rings. The van der Waals surface area contributed by atoms with Crippen molar-refractivity contribution in [3.63, 3.8) is 0 Å². The molecule has 7 heteroatoms. The van der Waals surface area contributed by atoms with E-state index in [9.17, 15) is 18.0 Å². The van der Waals surface area contributed by atoms with Gasteiger partial charge in [-0.1, -0.05) is 13.8 Å². The van der Waals surface area contributed by atoms with Crippen LogP contribution in [0.2, 0.25) is 0 Å². The van der Waals surface area contributed by atoms with Gasteiger partial charge in [0.1, 0.15) is 9.84 Å². The number of rotatable bonds is 5. The van der Waals surface area contributed by atoms with Gasteiger partial charge in [0.25, 0.3) is 0 Å². The Morgan fingerprint density at radius 3 is 2.48 bits per heavy atom. The van der Waals surface area contributed by atoms with E-state index < -0.39 is 9.84 Å². The van der Waals surface area contributed by atoms with Crippen LogP contribution in [0.4, 0.5) is 0 Å². The number of hydrogen-bond acceptors (Lipinski definition) is 4. The molecule has 120 valence electrons. The highest BCUT2D eigenvalue weighted by Crippen LogP contribution is 2.32. The number of nitrogens with zero attached hydrogens (tertiary/aromatic N) is 2. The summed E-state index contributed by atoms with van der Waals surface area (Å²) in [7, 11) is -3.12. The number of carbonyl (C=O) groups excluding carboxylic acids is 2. The maximum atomic E-state index is 12.3. The fourth-order valence-corrected chi connectivity index (χ4v) is 3.73. The van der Waals surface area contributed by atoms with Gasteiger partial charge in [-0.05, 0) is 5.92 Å². The lowest BCUT2D eigenvalue weighted by Crippen LogP contribution is -2.37. The highest BCUT2D eigenvalue weighted by Gasteiger charge is 2.47. The molecule has 0 radical (unpaired) electrons. The molecule has 0 N–H and O–H groups in total. The van der Waals surface area contributed by atoms with E-state index in [0.717, 1.165) is 19.3 Å². The van der Waals surface area contributed by atoms with E-state index >= 15 is 0 Å². The van der Waals surface area contributed by atoms with Gasteiger partial charge in [-0.25, -0.2) is 8.42 Å². The van der Waals surface area contributed by atoms with Gasteiger partial charge in [-0.15, -0.1) is 0 Å². The summed E-state index contributed by atoms with van der Waals surface area (Å²) < 4.78 is 22.2. The minimum absolute atomic E-state index is 0.0160. The van der Waals surface area contributed by atoms with Crippen LogP contribution in [-0.2, 0) is 19.4 Å². The number of carbonyl (C=O) groups is 2. The van der Waals surface area contributed by atoms with E-state index in [1.165, 1.54) is 0 Å². The Balaban J connectivity index is 1.89. The first kappa shape index (κ1) is 16.3. The molecule has 0 aromatic rings. The zero-order valence-corrected chi connectivity index (χ0v) is 13.7. The Hall–Kier alpha value is -1.11. The highest BCUT2D eigenvalue weighted by molar-refractivity contribution is 7.90. The van der Waals surface area contributed by atoms with Crippen molar-refractivity contribution in [2.24, 2.45) is 17.8 Å². The normalized spacial score (nSPS) is 25.8. The average molecular weight is 316 g/mol. The van der Waals surface area contributed by atoms with Gasteiger partial charge in [0.2, 0.25) is 11.8 Å². The Morgan fingerprint density at radius 1 is 1.29 bits per heavy atom. The molecule has 21 heavy (non-hydrogen) atoms. The lowest BCUT2D eigenvalue weighted by Gasteiger charge is -2.23. The van der Waals surface area contributed by atoms with Crippen LogP contribution in [0.1, 0.15) is 20.3 Å². The molecule has 2 aliphatic heterocycles. The first-order valence-corrected chi connectivity index (χ1v) is 9.47. The average Bonchev–Trinajstić information content (AvgIpc) is 2.86. The van der Waals surface area contributed by atoms with Crippen LogP contribution in [0.15, 0.2) is 0 Å². The van der Waals surface area contributed by atoms with Crippen molar-refractivity contribution >= 4 is 21.7 Å². The van der Waals surface area contributed by atoms with Crippen molar-refractivity contribution in [1.82, 2.24) is 9.80 Å². The van der Waals surface area contributed by atoms with Gasteiger partial charge in [0.15, 0.2) is 0 Å². The third kappa shape index (κ3) is 3.96. The van der Waals surface area contributed by atoms with Crippen molar-refractivity contribution < 1.29 is 18.0 Å². The molecule has 2 amide bonds. The Kier molecular flexibility index (Phi) is 4.60. The molecule has 0 aromatic carbocycles. The van der Waals surface area contributed by atoms with Gasteiger partial charge in [-0.2, -0.15) is 0 Å². The molecule has 2 atom stereocenters. The van der Waals surface area contributed by atoms with Crippen molar-refractivity contribution in [2.45, 2.75) is 20.3 Å². The minimum atomic E-state index is -3.12. The zero-order valence-electron chi connectivity index (χ0n) is 12.9. The molecule has 0 aliphatic carbocycles. The summed E-state index contributed by atoms with van der Waals surface area (Å²) in [6.45, 7) is 6.68. The van der Waals surface area contributed by atoms with Crippen LogP contribution in [0.3, 0.4) is 0 Å². The van der Waals surface area contributed by atoms with E-state index in [1.54, 1.807) is 4.90 Å². The van der Waals surface area contributed by atoms with E-state index in [4.69, 9.17) is 0 Å². The summed E-state index contributed by atoms with van der Waals surface area (Å²) in [5, 5.41) is 0. The smallest absolute Gasteiger partial charge is 0.227 e. The fourth-order valence-electron chi connectivity index (χ4n) is 3.18. The SMILES string of the molecule is CC(C)CN1C[C@@H]2CN(C(=O)CCS(C)(=O)=O)C[C@@H]2C1=O. The molecule has 6 nitrogen and oxygen atoms in total. The van der Waals surface area contributed by atoms with Gasteiger partial charge in [-0.3, -0.25) is 9.59 Å². The van der Waals surface area contributed by atoms with Crippen molar-refractivity contribution in [2.75, 3.05) is 38.2 Å². The van der Waals surface area contributed by atoms with E-state index in [2.05, 4.69) is 13.8 Å². The number of amides is 2. The van der Waals surface area contributed by atoms with Crippen LogP contribution < -0.4 is 0 Å².